The van der Waals surface area contributed by atoms with Crippen molar-refractivity contribution in [1.82, 2.24) is 4.90 Å². The van der Waals surface area contributed by atoms with Gasteiger partial charge in [-0.2, -0.15) is 0 Å². The Morgan fingerprint density at radius 1 is 1.53 bits per heavy atom. The highest BCUT2D eigenvalue weighted by Gasteiger charge is 2.09. The Labute approximate surface area is 105 Å². The second-order valence-electron chi connectivity index (χ2n) is 3.75. The van der Waals surface area contributed by atoms with Gasteiger partial charge in [0.25, 0.3) is 0 Å². The molecule has 1 aromatic carbocycles. The molecule has 5 heteroatoms. The minimum Gasteiger partial charge on any atom is -0.481 e. The highest BCUT2D eigenvalue weighted by atomic mass is 35.5. The van der Waals surface area contributed by atoms with Crippen molar-refractivity contribution < 1.29 is 14.3 Å². The largest absolute Gasteiger partial charge is 0.481 e. The van der Waals surface area contributed by atoms with Gasteiger partial charge in [0.2, 0.25) is 0 Å². The summed E-state index contributed by atoms with van der Waals surface area (Å²) in [6, 6.07) is 4.52. The Kier molecular flexibility index (Phi) is 5.38. The van der Waals surface area contributed by atoms with Crippen LogP contribution in [0.25, 0.3) is 0 Å². The molecule has 0 aliphatic carbocycles. The molecular formula is C12H15ClFNO2. The lowest BCUT2D eigenvalue weighted by atomic mass is 10.2. The molecule has 0 amide bonds. The molecule has 0 heterocycles. The number of hydrogen-bond acceptors (Lipinski definition) is 2. The third-order valence-corrected chi connectivity index (χ3v) is 2.73. The van der Waals surface area contributed by atoms with Crippen LogP contribution in [0.1, 0.15) is 18.9 Å². The number of hydrogen-bond donors (Lipinski definition) is 1. The lowest BCUT2D eigenvalue weighted by Crippen LogP contribution is -2.26. The monoisotopic (exact) mass is 259 g/mol. The summed E-state index contributed by atoms with van der Waals surface area (Å²) in [5.41, 5.74) is 0.529. The van der Waals surface area contributed by atoms with Crippen molar-refractivity contribution in [2.75, 3.05) is 13.1 Å². The van der Waals surface area contributed by atoms with Gasteiger partial charge in [-0.25, -0.2) is 4.39 Å². The zero-order valence-electron chi connectivity index (χ0n) is 9.62. The molecule has 0 aromatic heterocycles. The number of aliphatic carboxylic acids is 1. The number of rotatable bonds is 6. The lowest BCUT2D eigenvalue weighted by Gasteiger charge is -2.19. The minimum atomic E-state index is -0.847. The fraction of sp³-hybridized carbons (Fsp3) is 0.417. The van der Waals surface area contributed by atoms with Crippen LogP contribution in [0, 0.1) is 5.82 Å². The van der Waals surface area contributed by atoms with E-state index in [1.54, 1.807) is 12.1 Å². The molecule has 1 rings (SSSR count). The molecule has 0 spiro atoms. The average Bonchev–Trinajstić information content (AvgIpc) is 2.26. The summed E-state index contributed by atoms with van der Waals surface area (Å²) >= 11 is 5.66. The summed E-state index contributed by atoms with van der Waals surface area (Å²) < 4.78 is 13.5. The van der Waals surface area contributed by atoms with Crippen LogP contribution in [0.15, 0.2) is 18.2 Å². The van der Waals surface area contributed by atoms with Crippen LogP contribution < -0.4 is 0 Å². The predicted molar refractivity (Wildman–Crippen MR) is 64.6 cm³/mol. The molecular weight excluding hydrogens is 245 g/mol. The highest BCUT2D eigenvalue weighted by molar-refractivity contribution is 6.30. The average molecular weight is 260 g/mol. The van der Waals surface area contributed by atoms with Crippen molar-refractivity contribution >= 4 is 17.6 Å². The van der Waals surface area contributed by atoms with Crippen molar-refractivity contribution in [3.63, 3.8) is 0 Å². The van der Waals surface area contributed by atoms with E-state index in [9.17, 15) is 9.18 Å². The van der Waals surface area contributed by atoms with E-state index < -0.39 is 5.97 Å². The lowest BCUT2D eigenvalue weighted by molar-refractivity contribution is -0.137. The van der Waals surface area contributed by atoms with Gasteiger partial charge in [0.05, 0.1) is 6.42 Å². The summed E-state index contributed by atoms with van der Waals surface area (Å²) in [7, 11) is 0. The zero-order valence-corrected chi connectivity index (χ0v) is 10.4. The van der Waals surface area contributed by atoms with Crippen LogP contribution in [0.2, 0.25) is 5.02 Å². The first-order chi connectivity index (χ1) is 8.02. The molecule has 94 valence electrons. The number of benzene rings is 1. The topological polar surface area (TPSA) is 40.5 Å². The van der Waals surface area contributed by atoms with Crippen LogP contribution in [0.4, 0.5) is 4.39 Å². The molecule has 3 nitrogen and oxygen atoms in total. The summed E-state index contributed by atoms with van der Waals surface area (Å²) in [6.45, 7) is 3.39. The van der Waals surface area contributed by atoms with Crippen molar-refractivity contribution in [2.24, 2.45) is 0 Å². The first-order valence-corrected chi connectivity index (χ1v) is 5.78. The van der Waals surface area contributed by atoms with Gasteiger partial charge >= 0.3 is 5.97 Å². The van der Waals surface area contributed by atoms with Gasteiger partial charge in [-0.1, -0.05) is 24.6 Å². The minimum absolute atomic E-state index is 0.0586. The number of halogens is 2. The summed E-state index contributed by atoms with van der Waals surface area (Å²) in [5.74, 6) is -1.20. The second kappa shape index (κ2) is 6.57. The molecule has 0 atom stereocenters. The summed E-state index contributed by atoms with van der Waals surface area (Å²) in [6.07, 6.45) is 0.0586. The quantitative estimate of drug-likeness (QED) is 0.854. The first kappa shape index (κ1) is 13.9. The van der Waals surface area contributed by atoms with Crippen molar-refractivity contribution in [1.29, 1.82) is 0 Å². The maximum absolute atomic E-state index is 13.5. The Morgan fingerprint density at radius 2 is 2.24 bits per heavy atom. The third kappa shape index (κ3) is 4.71. The summed E-state index contributed by atoms with van der Waals surface area (Å²) in [4.78, 5) is 12.3. The zero-order chi connectivity index (χ0) is 12.8. The fourth-order valence-electron chi connectivity index (χ4n) is 1.49. The molecule has 0 saturated carbocycles. The molecule has 17 heavy (non-hydrogen) atoms. The molecule has 1 N–H and O–H groups in total. The van der Waals surface area contributed by atoms with Gasteiger partial charge in [0.15, 0.2) is 0 Å². The third-order valence-electron chi connectivity index (χ3n) is 2.50. The first-order valence-electron chi connectivity index (χ1n) is 5.41. The van der Waals surface area contributed by atoms with Crippen LogP contribution in [-0.2, 0) is 11.3 Å². The molecule has 0 fully saturated rings. The van der Waals surface area contributed by atoms with E-state index in [1.165, 1.54) is 6.07 Å². The maximum atomic E-state index is 13.5. The number of carbonyl (C=O) groups is 1. The predicted octanol–water partition coefficient (Wildman–Crippen LogP) is 2.78. The van der Waals surface area contributed by atoms with Crippen molar-refractivity contribution in [3.8, 4) is 0 Å². The Balaban J connectivity index is 2.63. The normalized spacial score (nSPS) is 10.8. The standard InChI is InChI=1S/C12H15ClFNO2/c1-2-15(6-5-12(16)17)8-9-3-4-10(13)7-11(9)14/h3-4,7H,2,5-6,8H2,1H3,(H,16,17). The Bertz CT molecular complexity index is 398. The molecule has 0 unspecified atom stereocenters. The van der Waals surface area contributed by atoms with E-state index >= 15 is 0 Å². The van der Waals surface area contributed by atoms with Crippen LogP contribution in [0.3, 0.4) is 0 Å². The molecule has 1 aromatic rings. The number of carboxylic acids is 1. The Morgan fingerprint density at radius 3 is 2.76 bits per heavy atom. The molecule has 0 saturated heterocycles. The van der Waals surface area contributed by atoms with Gasteiger partial charge in [0.1, 0.15) is 5.82 Å². The van der Waals surface area contributed by atoms with Crippen LogP contribution >= 0.6 is 11.6 Å². The van der Waals surface area contributed by atoms with Crippen LogP contribution in [-0.4, -0.2) is 29.1 Å². The van der Waals surface area contributed by atoms with E-state index in [2.05, 4.69) is 0 Å². The fourth-order valence-corrected chi connectivity index (χ4v) is 1.65. The van der Waals surface area contributed by atoms with Gasteiger partial charge in [-0.15, -0.1) is 0 Å². The maximum Gasteiger partial charge on any atom is 0.304 e. The van der Waals surface area contributed by atoms with Gasteiger partial charge < -0.3 is 5.11 Å². The molecule has 0 radical (unpaired) electrons. The van der Waals surface area contributed by atoms with Crippen LogP contribution in [0.5, 0.6) is 0 Å². The highest BCUT2D eigenvalue weighted by Crippen LogP contribution is 2.16. The number of carboxylic acid groups (broad SMARTS) is 1. The molecule has 0 aliphatic rings. The van der Waals surface area contributed by atoms with E-state index in [0.29, 0.717) is 30.2 Å². The molecule has 0 bridgehead atoms. The van der Waals surface area contributed by atoms with Crippen molar-refractivity contribution in [2.45, 2.75) is 19.9 Å². The van der Waals surface area contributed by atoms with Gasteiger partial charge in [-0.05, 0) is 18.7 Å². The van der Waals surface area contributed by atoms with Gasteiger partial charge in [-0.3, -0.25) is 9.69 Å². The second-order valence-corrected chi connectivity index (χ2v) is 4.18. The van der Waals surface area contributed by atoms with E-state index in [0.717, 1.165) is 0 Å². The molecule has 0 aliphatic heterocycles. The Hall–Kier alpha value is -1.13. The van der Waals surface area contributed by atoms with Crippen molar-refractivity contribution in [3.05, 3.63) is 34.6 Å². The van der Waals surface area contributed by atoms with E-state index in [1.807, 2.05) is 11.8 Å². The smallest absolute Gasteiger partial charge is 0.304 e. The summed E-state index contributed by atoms with van der Waals surface area (Å²) in [5, 5.41) is 8.96. The van der Waals surface area contributed by atoms with E-state index in [-0.39, 0.29) is 12.2 Å². The number of nitrogens with zero attached hydrogens (tertiary/aromatic N) is 1. The van der Waals surface area contributed by atoms with E-state index in [4.69, 9.17) is 16.7 Å². The SMILES string of the molecule is CCN(CCC(=O)O)Cc1ccc(Cl)cc1F. The van der Waals surface area contributed by atoms with Gasteiger partial charge in [0, 0.05) is 23.7 Å².